The highest BCUT2D eigenvalue weighted by Gasteiger charge is 2.13. The third-order valence-electron chi connectivity index (χ3n) is 3.31. The molecule has 2 aromatic carbocycles. The van der Waals surface area contributed by atoms with Gasteiger partial charge in [-0.25, -0.2) is 0 Å². The molecule has 0 aliphatic rings. The number of hydrogen-bond acceptors (Lipinski definition) is 3. The number of nitrogens with one attached hydrogen (secondary N) is 1. The minimum atomic E-state index is 0.121. The first-order valence-electron chi connectivity index (χ1n) is 6.76. The zero-order valence-electron chi connectivity index (χ0n) is 11.4. The van der Waals surface area contributed by atoms with Crippen LogP contribution in [-0.4, -0.2) is 5.16 Å². The average Bonchev–Trinajstić information content (AvgIpc) is 3.04. The third-order valence-corrected chi connectivity index (χ3v) is 3.84. The van der Waals surface area contributed by atoms with Gasteiger partial charge in [-0.1, -0.05) is 63.6 Å². The molecular formula is C17H15BrN2O. The molecule has 3 nitrogen and oxygen atoms in total. The summed E-state index contributed by atoms with van der Waals surface area (Å²) in [6.07, 6.45) is 1.59. The van der Waals surface area contributed by atoms with E-state index in [0.29, 0.717) is 6.54 Å². The summed E-state index contributed by atoms with van der Waals surface area (Å²) >= 11 is 3.48. The van der Waals surface area contributed by atoms with E-state index in [1.807, 2.05) is 12.1 Å². The second-order valence-corrected chi connectivity index (χ2v) is 5.68. The quantitative estimate of drug-likeness (QED) is 0.750. The van der Waals surface area contributed by atoms with Gasteiger partial charge in [-0.3, -0.25) is 0 Å². The summed E-state index contributed by atoms with van der Waals surface area (Å²) in [5, 5.41) is 7.48. The summed E-state index contributed by atoms with van der Waals surface area (Å²) in [6.45, 7) is 0.659. The lowest BCUT2D eigenvalue weighted by atomic mass is 9.99. The van der Waals surface area contributed by atoms with Crippen LogP contribution in [0.1, 0.15) is 22.9 Å². The van der Waals surface area contributed by atoms with Crippen LogP contribution < -0.4 is 5.32 Å². The Morgan fingerprint density at radius 3 is 2.33 bits per heavy atom. The van der Waals surface area contributed by atoms with Gasteiger partial charge in [0.25, 0.3) is 0 Å². The van der Waals surface area contributed by atoms with Crippen LogP contribution in [0.4, 0.5) is 0 Å². The van der Waals surface area contributed by atoms with E-state index in [2.05, 4.69) is 74.9 Å². The van der Waals surface area contributed by atoms with Crippen LogP contribution in [0.5, 0.6) is 0 Å². The molecule has 1 atom stereocenters. The number of rotatable bonds is 5. The largest absolute Gasteiger partial charge is 0.364 e. The number of benzene rings is 2. The predicted octanol–water partition coefficient (Wildman–Crippen LogP) is 4.32. The molecule has 3 aromatic rings. The highest BCUT2D eigenvalue weighted by atomic mass is 79.9. The number of nitrogens with zero attached hydrogens (tertiary/aromatic N) is 1. The first kappa shape index (κ1) is 14.0. The summed E-state index contributed by atoms with van der Waals surface area (Å²) in [6, 6.07) is 20.7. The van der Waals surface area contributed by atoms with E-state index < -0.39 is 0 Å². The normalized spacial score (nSPS) is 12.2. The van der Waals surface area contributed by atoms with Crippen molar-refractivity contribution >= 4 is 15.9 Å². The van der Waals surface area contributed by atoms with Crippen molar-refractivity contribution in [3.8, 4) is 0 Å². The van der Waals surface area contributed by atoms with Crippen LogP contribution in [0.15, 0.2) is 75.9 Å². The van der Waals surface area contributed by atoms with E-state index in [-0.39, 0.29) is 6.04 Å². The average molecular weight is 343 g/mol. The van der Waals surface area contributed by atoms with Crippen molar-refractivity contribution < 1.29 is 4.52 Å². The van der Waals surface area contributed by atoms with Crippen LogP contribution in [0.3, 0.4) is 0 Å². The van der Waals surface area contributed by atoms with Crippen LogP contribution in [0.2, 0.25) is 0 Å². The van der Waals surface area contributed by atoms with E-state index in [0.717, 1.165) is 10.2 Å². The summed E-state index contributed by atoms with van der Waals surface area (Å²) < 4.78 is 5.96. The maximum Gasteiger partial charge on any atom is 0.124 e. The van der Waals surface area contributed by atoms with Gasteiger partial charge in [0.15, 0.2) is 0 Å². The molecule has 0 fully saturated rings. The first-order valence-corrected chi connectivity index (χ1v) is 7.55. The van der Waals surface area contributed by atoms with Gasteiger partial charge in [0.05, 0.1) is 11.7 Å². The molecule has 3 rings (SSSR count). The van der Waals surface area contributed by atoms with Gasteiger partial charge in [0.2, 0.25) is 0 Å². The van der Waals surface area contributed by atoms with Crippen LogP contribution >= 0.6 is 15.9 Å². The van der Waals surface area contributed by atoms with E-state index in [4.69, 9.17) is 4.52 Å². The third kappa shape index (κ3) is 3.60. The highest BCUT2D eigenvalue weighted by molar-refractivity contribution is 9.10. The van der Waals surface area contributed by atoms with Crippen LogP contribution in [-0.2, 0) is 6.54 Å². The van der Waals surface area contributed by atoms with E-state index in [1.54, 1.807) is 6.26 Å². The molecule has 0 bridgehead atoms. The molecule has 0 saturated carbocycles. The van der Waals surface area contributed by atoms with Crippen LogP contribution in [0, 0.1) is 0 Å². The van der Waals surface area contributed by atoms with E-state index in [9.17, 15) is 0 Å². The van der Waals surface area contributed by atoms with Gasteiger partial charge in [-0.05, 0) is 23.3 Å². The maximum absolute atomic E-state index is 4.88. The van der Waals surface area contributed by atoms with Crippen molar-refractivity contribution in [2.75, 3.05) is 0 Å². The minimum absolute atomic E-state index is 0.121. The van der Waals surface area contributed by atoms with Crippen LogP contribution in [0.25, 0.3) is 0 Å². The Labute approximate surface area is 132 Å². The molecule has 0 aliphatic carbocycles. The molecule has 0 spiro atoms. The molecule has 4 heteroatoms. The van der Waals surface area contributed by atoms with Crippen molar-refractivity contribution in [3.05, 3.63) is 88.2 Å². The Kier molecular flexibility index (Phi) is 4.48. The fourth-order valence-electron chi connectivity index (χ4n) is 2.26. The zero-order chi connectivity index (χ0) is 14.5. The van der Waals surface area contributed by atoms with Gasteiger partial charge in [0, 0.05) is 17.1 Å². The van der Waals surface area contributed by atoms with Crippen molar-refractivity contribution in [2.45, 2.75) is 12.6 Å². The van der Waals surface area contributed by atoms with E-state index in [1.165, 1.54) is 11.1 Å². The molecule has 1 N–H and O–H groups in total. The Bertz CT molecular complexity index is 666. The Morgan fingerprint density at radius 1 is 0.952 bits per heavy atom. The van der Waals surface area contributed by atoms with Gasteiger partial charge in [-0.15, -0.1) is 0 Å². The van der Waals surface area contributed by atoms with Gasteiger partial charge < -0.3 is 9.84 Å². The maximum atomic E-state index is 4.88. The van der Waals surface area contributed by atoms with E-state index >= 15 is 0 Å². The van der Waals surface area contributed by atoms with Gasteiger partial charge in [-0.2, -0.15) is 0 Å². The predicted molar refractivity (Wildman–Crippen MR) is 85.8 cm³/mol. The molecule has 21 heavy (non-hydrogen) atoms. The Morgan fingerprint density at radius 2 is 1.67 bits per heavy atom. The second kappa shape index (κ2) is 6.70. The zero-order valence-corrected chi connectivity index (χ0v) is 13.0. The summed E-state index contributed by atoms with van der Waals surface area (Å²) in [5.74, 6) is 0. The van der Waals surface area contributed by atoms with Crippen molar-refractivity contribution in [1.29, 1.82) is 0 Å². The van der Waals surface area contributed by atoms with Gasteiger partial charge >= 0.3 is 0 Å². The summed E-state index contributed by atoms with van der Waals surface area (Å²) in [7, 11) is 0. The number of aromatic nitrogens is 1. The summed E-state index contributed by atoms with van der Waals surface area (Å²) in [4.78, 5) is 0. The van der Waals surface area contributed by atoms with Crippen molar-refractivity contribution in [1.82, 2.24) is 10.5 Å². The molecule has 0 amide bonds. The Balaban J connectivity index is 1.85. The lowest BCUT2D eigenvalue weighted by molar-refractivity contribution is 0.407. The molecular weight excluding hydrogens is 328 g/mol. The molecule has 0 aliphatic heterocycles. The van der Waals surface area contributed by atoms with Crippen molar-refractivity contribution in [3.63, 3.8) is 0 Å². The standard InChI is InChI=1S/C17H15BrN2O/c18-15-8-6-14(7-9-15)17(13-4-2-1-3-5-13)19-12-16-10-11-21-20-16/h1-11,17,19H,12H2. The highest BCUT2D eigenvalue weighted by Crippen LogP contribution is 2.24. The molecule has 0 radical (unpaired) electrons. The van der Waals surface area contributed by atoms with Gasteiger partial charge in [0.1, 0.15) is 6.26 Å². The smallest absolute Gasteiger partial charge is 0.124 e. The molecule has 1 unspecified atom stereocenters. The Hall–Kier alpha value is -1.91. The SMILES string of the molecule is Brc1ccc(C(NCc2ccon2)c2ccccc2)cc1. The molecule has 1 aromatic heterocycles. The number of halogens is 1. The second-order valence-electron chi connectivity index (χ2n) is 4.77. The monoisotopic (exact) mass is 342 g/mol. The molecule has 0 saturated heterocycles. The number of hydrogen-bond donors (Lipinski definition) is 1. The minimum Gasteiger partial charge on any atom is -0.364 e. The molecule has 1 heterocycles. The topological polar surface area (TPSA) is 38.1 Å². The first-order chi connectivity index (χ1) is 10.3. The fourth-order valence-corrected chi connectivity index (χ4v) is 2.53. The lowest BCUT2D eigenvalue weighted by Crippen LogP contribution is -2.22. The molecule has 106 valence electrons. The summed E-state index contributed by atoms with van der Waals surface area (Å²) in [5.41, 5.74) is 3.34. The lowest BCUT2D eigenvalue weighted by Gasteiger charge is -2.19. The van der Waals surface area contributed by atoms with Crippen molar-refractivity contribution in [2.24, 2.45) is 0 Å². The fraction of sp³-hybridized carbons (Fsp3) is 0.118.